The minimum absolute atomic E-state index is 0.213. The zero-order valence-corrected chi connectivity index (χ0v) is 18.6. The molecule has 1 amide bonds. The van der Waals surface area contributed by atoms with Crippen molar-refractivity contribution >= 4 is 28.5 Å². The average molecular weight is 439 g/mol. The zero-order chi connectivity index (χ0) is 21.8. The Kier molecular flexibility index (Phi) is 5.04. The summed E-state index contributed by atoms with van der Waals surface area (Å²) in [6.45, 7) is 6.22. The Morgan fingerprint density at radius 2 is 2.13 bits per heavy atom. The van der Waals surface area contributed by atoms with Gasteiger partial charge in [0.05, 0.1) is 5.02 Å². The summed E-state index contributed by atoms with van der Waals surface area (Å²) in [6, 6.07) is 6.58. The quantitative estimate of drug-likeness (QED) is 0.583. The van der Waals surface area contributed by atoms with Crippen molar-refractivity contribution in [3.63, 3.8) is 0 Å². The van der Waals surface area contributed by atoms with E-state index < -0.39 is 5.60 Å². The van der Waals surface area contributed by atoms with Gasteiger partial charge in [0.2, 0.25) is 0 Å². The number of hydrogen-bond acceptors (Lipinski definition) is 4. The van der Waals surface area contributed by atoms with Gasteiger partial charge in [-0.25, -0.2) is 4.98 Å². The molecular weight excluding hydrogens is 412 g/mol. The first-order valence-electron chi connectivity index (χ1n) is 10.8. The van der Waals surface area contributed by atoms with Gasteiger partial charge in [-0.1, -0.05) is 23.7 Å². The van der Waals surface area contributed by atoms with Gasteiger partial charge in [-0.3, -0.25) is 4.79 Å². The number of nitrogens with one attached hydrogen (secondary N) is 2. The van der Waals surface area contributed by atoms with Crippen LogP contribution in [-0.2, 0) is 17.8 Å². The Bertz CT molecular complexity index is 1160. The van der Waals surface area contributed by atoms with Gasteiger partial charge in [0.25, 0.3) is 5.91 Å². The minimum Gasteiger partial charge on any atom is -0.381 e. The molecule has 7 heteroatoms. The molecule has 0 bridgehead atoms. The fraction of sp³-hybridized carbons (Fsp3) is 0.417. The number of halogens is 1. The molecule has 0 spiro atoms. The van der Waals surface area contributed by atoms with Gasteiger partial charge in [-0.05, 0) is 67.5 Å². The van der Waals surface area contributed by atoms with Crippen molar-refractivity contribution in [1.82, 2.24) is 20.2 Å². The van der Waals surface area contributed by atoms with E-state index >= 15 is 0 Å². The number of rotatable bonds is 3. The summed E-state index contributed by atoms with van der Waals surface area (Å²) in [5, 5.41) is 15.3. The summed E-state index contributed by atoms with van der Waals surface area (Å²) in [4.78, 5) is 22.2. The summed E-state index contributed by atoms with van der Waals surface area (Å²) in [6.07, 6.45) is 5.51. The van der Waals surface area contributed by atoms with E-state index in [2.05, 4.69) is 33.5 Å². The molecule has 0 radical (unpaired) electrons. The monoisotopic (exact) mass is 438 g/mol. The minimum atomic E-state index is -1.36. The van der Waals surface area contributed by atoms with Crippen LogP contribution < -0.4 is 5.32 Å². The van der Waals surface area contributed by atoms with E-state index in [9.17, 15) is 9.90 Å². The van der Waals surface area contributed by atoms with Crippen LogP contribution in [0.5, 0.6) is 0 Å². The second-order valence-electron chi connectivity index (χ2n) is 9.19. The van der Waals surface area contributed by atoms with Gasteiger partial charge < -0.3 is 20.3 Å². The summed E-state index contributed by atoms with van der Waals surface area (Å²) in [5.41, 5.74) is 5.41. The number of aromatic amines is 1. The van der Waals surface area contributed by atoms with E-state index in [1.807, 2.05) is 6.20 Å². The molecule has 0 unspecified atom stereocenters. The van der Waals surface area contributed by atoms with Crippen molar-refractivity contribution in [2.75, 3.05) is 19.6 Å². The summed E-state index contributed by atoms with van der Waals surface area (Å²) in [7, 11) is 0. The van der Waals surface area contributed by atoms with Crippen LogP contribution in [0, 0.1) is 0 Å². The first-order valence-corrected chi connectivity index (χ1v) is 11.2. The summed E-state index contributed by atoms with van der Waals surface area (Å²) < 4.78 is 0. The van der Waals surface area contributed by atoms with Gasteiger partial charge in [0.1, 0.15) is 11.2 Å². The summed E-state index contributed by atoms with van der Waals surface area (Å²) in [5.74, 6) is 0.202. The maximum atomic E-state index is 12.7. The van der Waals surface area contributed by atoms with E-state index in [0.717, 1.165) is 48.1 Å². The number of pyridine rings is 1. The second-order valence-corrected chi connectivity index (χ2v) is 9.59. The third-order valence-electron chi connectivity index (χ3n) is 6.50. The highest BCUT2D eigenvalue weighted by molar-refractivity contribution is 6.35. The second kappa shape index (κ2) is 7.62. The Morgan fingerprint density at radius 1 is 1.29 bits per heavy atom. The molecule has 2 aliphatic rings. The van der Waals surface area contributed by atoms with Crippen LogP contribution in [0.3, 0.4) is 0 Å². The van der Waals surface area contributed by atoms with E-state index in [1.165, 1.54) is 16.7 Å². The Morgan fingerprint density at radius 3 is 2.87 bits per heavy atom. The van der Waals surface area contributed by atoms with Crippen molar-refractivity contribution in [2.45, 2.75) is 44.8 Å². The fourth-order valence-electron chi connectivity index (χ4n) is 4.84. The lowest BCUT2D eigenvalue weighted by molar-refractivity contribution is -0.148. The number of H-pyrrole nitrogens is 1. The molecular formula is C24H27ClN4O2. The topological polar surface area (TPSA) is 81.2 Å². The molecule has 2 aliphatic heterocycles. The van der Waals surface area contributed by atoms with Gasteiger partial charge >= 0.3 is 0 Å². The van der Waals surface area contributed by atoms with Crippen LogP contribution in [-0.4, -0.2) is 51.1 Å². The largest absolute Gasteiger partial charge is 0.381 e. The number of carbonyl (C=O) groups is 1. The van der Waals surface area contributed by atoms with Crippen LogP contribution >= 0.6 is 11.6 Å². The van der Waals surface area contributed by atoms with Crippen molar-refractivity contribution in [3.05, 3.63) is 52.3 Å². The number of aliphatic hydroxyl groups is 1. The molecule has 31 heavy (non-hydrogen) atoms. The third-order valence-corrected chi connectivity index (χ3v) is 6.81. The number of fused-ring (bicyclic) bond motifs is 2. The average Bonchev–Trinajstić information content (AvgIpc) is 3.41. The molecule has 3 N–H and O–H groups in total. The number of amides is 1. The van der Waals surface area contributed by atoms with Gasteiger partial charge in [0.15, 0.2) is 0 Å². The lowest BCUT2D eigenvalue weighted by Crippen LogP contribution is -2.47. The standard InChI is InChI=1S/C24H27ClN4O2/c1-24(2,31)23(30)29-6-4-14-7-16(8-18(20(14)13-29)15-3-5-26-10-15)17-9-19-21(25)12-28-22(19)27-11-17/h7-9,11-12,15,26,31H,3-6,10,13H2,1-2H3,(H,27,28)/t15-/m1/s1. The van der Waals surface area contributed by atoms with Gasteiger partial charge in [-0.15, -0.1) is 0 Å². The normalized spacial score (nSPS) is 19.1. The molecule has 2 aromatic heterocycles. The number of aromatic nitrogens is 2. The predicted octanol–water partition coefficient (Wildman–Crippen LogP) is 3.62. The maximum Gasteiger partial charge on any atom is 0.254 e. The van der Waals surface area contributed by atoms with Crippen molar-refractivity contribution in [1.29, 1.82) is 0 Å². The molecule has 6 nitrogen and oxygen atoms in total. The van der Waals surface area contributed by atoms with Crippen LogP contribution in [0.15, 0.2) is 30.6 Å². The number of nitrogens with zero attached hydrogens (tertiary/aromatic N) is 2. The van der Waals surface area contributed by atoms with Crippen LogP contribution in [0.25, 0.3) is 22.2 Å². The van der Waals surface area contributed by atoms with Gasteiger partial charge in [-0.2, -0.15) is 0 Å². The third kappa shape index (κ3) is 3.73. The predicted molar refractivity (Wildman–Crippen MR) is 122 cm³/mol. The molecule has 1 fully saturated rings. The number of hydrogen-bond donors (Lipinski definition) is 3. The van der Waals surface area contributed by atoms with Crippen molar-refractivity contribution in [3.8, 4) is 11.1 Å². The Balaban J connectivity index is 1.58. The number of carbonyl (C=O) groups excluding carboxylic acids is 1. The Hall–Kier alpha value is -2.41. The lowest BCUT2D eigenvalue weighted by atomic mass is 9.84. The lowest BCUT2D eigenvalue weighted by Gasteiger charge is -2.35. The van der Waals surface area contributed by atoms with E-state index in [4.69, 9.17) is 11.6 Å². The zero-order valence-electron chi connectivity index (χ0n) is 17.8. The molecule has 5 rings (SSSR count). The molecule has 3 aromatic rings. The molecule has 162 valence electrons. The molecule has 1 aromatic carbocycles. The fourth-order valence-corrected chi connectivity index (χ4v) is 5.04. The van der Waals surface area contributed by atoms with Crippen LogP contribution in [0.1, 0.15) is 42.9 Å². The first kappa shape index (κ1) is 20.5. The van der Waals surface area contributed by atoms with Crippen molar-refractivity contribution < 1.29 is 9.90 Å². The SMILES string of the molecule is CC(C)(O)C(=O)N1CCc2cc(-c3cnc4[nH]cc(Cl)c4c3)cc([C@@H]3CCNC3)c2C1. The highest BCUT2D eigenvalue weighted by atomic mass is 35.5. The number of benzene rings is 1. The highest BCUT2D eigenvalue weighted by Gasteiger charge is 2.33. The van der Waals surface area contributed by atoms with Crippen molar-refractivity contribution in [2.24, 2.45) is 0 Å². The molecule has 0 saturated carbocycles. The first-order chi connectivity index (χ1) is 14.8. The van der Waals surface area contributed by atoms with Crippen LogP contribution in [0.2, 0.25) is 5.02 Å². The van der Waals surface area contributed by atoms with Crippen LogP contribution in [0.4, 0.5) is 0 Å². The molecule has 1 saturated heterocycles. The molecule has 4 heterocycles. The molecule has 0 aliphatic carbocycles. The van der Waals surface area contributed by atoms with E-state index in [1.54, 1.807) is 24.9 Å². The van der Waals surface area contributed by atoms with E-state index in [0.29, 0.717) is 24.0 Å². The smallest absolute Gasteiger partial charge is 0.254 e. The van der Waals surface area contributed by atoms with Gasteiger partial charge in [0, 0.05) is 43.0 Å². The maximum absolute atomic E-state index is 12.7. The summed E-state index contributed by atoms with van der Waals surface area (Å²) >= 11 is 6.33. The highest BCUT2D eigenvalue weighted by Crippen LogP contribution is 2.37. The Labute approximate surface area is 186 Å². The van der Waals surface area contributed by atoms with E-state index in [-0.39, 0.29) is 5.91 Å². The molecule has 1 atom stereocenters.